The van der Waals surface area contributed by atoms with Crippen LogP contribution in [0.5, 0.6) is 0 Å². The van der Waals surface area contributed by atoms with Gasteiger partial charge in [0.1, 0.15) is 0 Å². The van der Waals surface area contributed by atoms with E-state index in [1.54, 1.807) is 29.7 Å². The fourth-order valence-corrected chi connectivity index (χ4v) is 3.66. The first-order valence-electron chi connectivity index (χ1n) is 9.59. The molecule has 0 fully saturated rings. The molecular weight excluding hydrogens is 421 g/mol. The number of halogens is 2. The number of hydrogen-bond acceptors (Lipinski definition) is 5. The van der Waals surface area contributed by atoms with Gasteiger partial charge in [-0.15, -0.1) is 0 Å². The fourth-order valence-electron chi connectivity index (χ4n) is 3.32. The molecule has 1 aliphatic rings. The van der Waals surface area contributed by atoms with E-state index in [1.807, 2.05) is 12.1 Å². The van der Waals surface area contributed by atoms with Crippen LogP contribution >= 0.6 is 23.2 Å². The van der Waals surface area contributed by atoms with Crippen molar-refractivity contribution in [1.82, 2.24) is 9.55 Å². The molecule has 0 bridgehead atoms. The number of fused-ring (bicyclic) bond motifs is 1. The van der Waals surface area contributed by atoms with Gasteiger partial charge in [-0.25, -0.2) is 9.98 Å². The SMILES string of the molecule is Cc1cc(=O)n2c(n1)NC(Nc1cccc(Cl)c1Cl)=NC2c1ccc(C(C)C)cc1. The number of aromatic nitrogens is 2. The summed E-state index contributed by atoms with van der Waals surface area (Å²) in [6, 6.07) is 14.9. The van der Waals surface area contributed by atoms with Gasteiger partial charge in [0, 0.05) is 11.8 Å². The van der Waals surface area contributed by atoms with Crippen molar-refractivity contribution in [3.63, 3.8) is 0 Å². The highest BCUT2D eigenvalue weighted by atomic mass is 35.5. The number of aliphatic imine (C=N–C) groups is 1. The van der Waals surface area contributed by atoms with Gasteiger partial charge in [-0.1, -0.05) is 67.4 Å². The molecule has 154 valence electrons. The van der Waals surface area contributed by atoms with Crippen LogP contribution in [0.4, 0.5) is 11.6 Å². The fraction of sp³-hybridized carbons (Fsp3) is 0.227. The van der Waals surface area contributed by atoms with Gasteiger partial charge >= 0.3 is 0 Å². The third-order valence-corrected chi connectivity index (χ3v) is 5.73. The topological polar surface area (TPSA) is 71.3 Å². The van der Waals surface area contributed by atoms with E-state index >= 15 is 0 Å². The molecule has 0 saturated carbocycles. The van der Waals surface area contributed by atoms with Crippen molar-refractivity contribution in [2.24, 2.45) is 4.99 Å². The van der Waals surface area contributed by atoms with Crippen molar-refractivity contribution in [2.75, 3.05) is 10.6 Å². The van der Waals surface area contributed by atoms with E-state index in [4.69, 9.17) is 28.2 Å². The third-order valence-electron chi connectivity index (χ3n) is 4.91. The Morgan fingerprint density at radius 3 is 2.57 bits per heavy atom. The second-order valence-corrected chi connectivity index (χ2v) is 8.24. The third kappa shape index (κ3) is 3.93. The zero-order valence-corrected chi connectivity index (χ0v) is 18.3. The average Bonchev–Trinajstić information content (AvgIpc) is 2.70. The molecule has 0 spiro atoms. The molecule has 1 unspecified atom stereocenters. The number of nitrogens with zero attached hydrogens (tertiary/aromatic N) is 3. The molecule has 0 radical (unpaired) electrons. The predicted molar refractivity (Wildman–Crippen MR) is 123 cm³/mol. The van der Waals surface area contributed by atoms with Gasteiger partial charge in [-0.2, -0.15) is 0 Å². The van der Waals surface area contributed by atoms with Crippen LogP contribution < -0.4 is 16.2 Å². The quantitative estimate of drug-likeness (QED) is 0.568. The molecule has 4 rings (SSSR count). The monoisotopic (exact) mass is 441 g/mol. The highest BCUT2D eigenvalue weighted by Gasteiger charge is 2.25. The summed E-state index contributed by atoms with van der Waals surface area (Å²) in [5, 5.41) is 7.08. The van der Waals surface area contributed by atoms with Crippen molar-refractivity contribution < 1.29 is 0 Å². The summed E-state index contributed by atoms with van der Waals surface area (Å²) in [6.45, 7) is 6.06. The van der Waals surface area contributed by atoms with Crippen LogP contribution in [0, 0.1) is 6.92 Å². The predicted octanol–water partition coefficient (Wildman–Crippen LogP) is 5.42. The Kier molecular flexibility index (Phi) is 5.54. The molecule has 1 aromatic heterocycles. The normalized spacial score (nSPS) is 15.4. The molecule has 2 N–H and O–H groups in total. The number of guanidine groups is 1. The summed E-state index contributed by atoms with van der Waals surface area (Å²) < 4.78 is 1.54. The first kappa shape index (κ1) is 20.4. The lowest BCUT2D eigenvalue weighted by atomic mass is 10.0. The number of hydrogen-bond donors (Lipinski definition) is 2. The number of anilines is 2. The van der Waals surface area contributed by atoms with E-state index < -0.39 is 6.17 Å². The van der Waals surface area contributed by atoms with Crippen molar-refractivity contribution in [3.8, 4) is 0 Å². The van der Waals surface area contributed by atoms with Crippen molar-refractivity contribution in [2.45, 2.75) is 32.9 Å². The van der Waals surface area contributed by atoms with E-state index in [2.05, 4.69) is 41.6 Å². The van der Waals surface area contributed by atoms with Gasteiger partial charge in [-0.3, -0.25) is 14.7 Å². The molecule has 2 aromatic carbocycles. The Labute approximate surface area is 184 Å². The van der Waals surface area contributed by atoms with Crippen LogP contribution in [0.25, 0.3) is 0 Å². The summed E-state index contributed by atoms with van der Waals surface area (Å²) >= 11 is 12.4. The molecule has 1 atom stereocenters. The largest absolute Gasteiger partial charge is 0.325 e. The minimum absolute atomic E-state index is 0.175. The highest BCUT2D eigenvalue weighted by Crippen LogP contribution is 2.31. The molecule has 6 nitrogen and oxygen atoms in total. The molecule has 0 saturated heterocycles. The van der Waals surface area contributed by atoms with E-state index in [0.717, 1.165) is 5.56 Å². The second-order valence-electron chi connectivity index (χ2n) is 7.45. The molecule has 2 heterocycles. The van der Waals surface area contributed by atoms with Gasteiger partial charge < -0.3 is 5.32 Å². The van der Waals surface area contributed by atoms with Gasteiger partial charge in [0.05, 0.1) is 15.7 Å². The number of aryl methyl sites for hydroxylation is 1. The lowest BCUT2D eigenvalue weighted by Gasteiger charge is -2.27. The smallest absolute Gasteiger partial charge is 0.257 e. The first-order chi connectivity index (χ1) is 14.3. The Morgan fingerprint density at radius 1 is 1.13 bits per heavy atom. The Bertz CT molecular complexity index is 1190. The van der Waals surface area contributed by atoms with Gasteiger partial charge in [0.2, 0.25) is 11.9 Å². The Balaban J connectivity index is 1.79. The van der Waals surface area contributed by atoms with Crippen molar-refractivity contribution in [3.05, 3.63) is 85.8 Å². The van der Waals surface area contributed by atoms with Crippen molar-refractivity contribution >= 4 is 40.8 Å². The van der Waals surface area contributed by atoms with Crippen LogP contribution in [0.3, 0.4) is 0 Å². The summed E-state index contributed by atoms with van der Waals surface area (Å²) in [5.74, 6) is 1.25. The maximum atomic E-state index is 12.8. The zero-order chi connectivity index (χ0) is 21.4. The van der Waals surface area contributed by atoms with E-state index in [-0.39, 0.29) is 5.56 Å². The summed E-state index contributed by atoms with van der Waals surface area (Å²) in [6.07, 6.45) is -0.566. The number of nitrogens with one attached hydrogen (secondary N) is 2. The van der Waals surface area contributed by atoms with E-state index in [0.29, 0.717) is 39.3 Å². The standard InChI is InChI=1S/C22H21Cl2N5O/c1-12(2)14-7-9-15(10-8-14)20-27-21(26-17-6-4-5-16(23)19(17)24)28-22-25-13(3)11-18(30)29(20)22/h4-12,20H,1-3H3,(H2,25,26,27,28). The maximum Gasteiger partial charge on any atom is 0.257 e. The maximum absolute atomic E-state index is 12.8. The molecule has 8 heteroatoms. The molecular formula is C22H21Cl2N5O. The molecule has 3 aromatic rings. The zero-order valence-electron chi connectivity index (χ0n) is 16.8. The van der Waals surface area contributed by atoms with Crippen LogP contribution in [-0.4, -0.2) is 15.5 Å². The molecule has 1 aliphatic heterocycles. The lowest BCUT2D eigenvalue weighted by molar-refractivity contribution is 0.577. The minimum atomic E-state index is -0.566. The van der Waals surface area contributed by atoms with Crippen LogP contribution in [0.15, 0.2) is 58.3 Å². The summed E-state index contributed by atoms with van der Waals surface area (Å²) in [5.41, 5.74) is 3.15. The summed E-state index contributed by atoms with van der Waals surface area (Å²) in [4.78, 5) is 22.0. The number of benzene rings is 2. The second kappa shape index (κ2) is 8.13. The van der Waals surface area contributed by atoms with Crippen LogP contribution in [0.1, 0.15) is 42.8 Å². The van der Waals surface area contributed by atoms with Crippen molar-refractivity contribution in [1.29, 1.82) is 0 Å². The average molecular weight is 442 g/mol. The Morgan fingerprint density at radius 2 is 1.87 bits per heavy atom. The molecule has 0 amide bonds. The molecule has 30 heavy (non-hydrogen) atoms. The molecule has 0 aliphatic carbocycles. The Hall–Kier alpha value is -2.83. The lowest BCUT2D eigenvalue weighted by Crippen LogP contribution is -2.37. The summed E-state index contributed by atoms with van der Waals surface area (Å²) in [7, 11) is 0. The van der Waals surface area contributed by atoms with Gasteiger partial charge in [0.25, 0.3) is 5.56 Å². The van der Waals surface area contributed by atoms with E-state index in [1.165, 1.54) is 11.6 Å². The van der Waals surface area contributed by atoms with Gasteiger partial charge in [-0.05, 0) is 36.1 Å². The van der Waals surface area contributed by atoms with Gasteiger partial charge in [0.15, 0.2) is 6.17 Å². The number of rotatable bonds is 3. The van der Waals surface area contributed by atoms with Crippen LogP contribution in [-0.2, 0) is 0 Å². The minimum Gasteiger partial charge on any atom is -0.325 e. The van der Waals surface area contributed by atoms with E-state index in [9.17, 15) is 4.79 Å². The highest BCUT2D eigenvalue weighted by molar-refractivity contribution is 6.44. The first-order valence-corrected chi connectivity index (χ1v) is 10.3. The van der Waals surface area contributed by atoms with Crippen LogP contribution in [0.2, 0.25) is 10.0 Å².